The first-order valence-corrected chi connectivity index (χ1v) is 7.62. The van der Waals surface area contributed by atoms with Crippen LogP contribution >= 0.6 is 0 Å². The van der Waals surface area contributed by atoms with Crippen LogP contribution in [-0.4, -0.2) is 30.5 Å². The van der Waals surface area contributed by atoms with Gasteiger partial charge in [-0.2, -0.15) is 0 Å². The zero-order valence-electron chi connectivity index (χ0n) is 12.4. The molecule has 0 spiro atoms. The van der Waals surface area contributed by atoms with Crippen LogP contribution in [0.3, 0.4) is 0 Å². The van der Waals surface area contributed by atoms with Gasteiger partial charge in [-0.05, 0) is 24.3 Å². The molecule has 1 amide bonds. The molecule has 0 heterocycles. The normalized spacial score (nSPS) is 15.3. The number of hydrogen-bond acceptors (Lipinski definition) is 2. The first-order chi connectivity index (χ1) is 10.3. The molecule has 0 atom stereocenters. The van der Waals surface area contributed by atoms with E-state index in [0.717, 1.165) is 29.4 Å². The van der Waals surface area contributed by atoms with Gasteiger partial charge in [-0.15, -0.1) is 0 Å². The molecule has 0 saturated heterocycles. The molecule has 0 aliphatic heterocycles. The predicted molar refractivity (Wildman–Crippen MR) is 84.5 cm³/mol. The summed E-state index contributed by atoms with van der Waals surface area (Å²) in [7, 11) is 1.89. The third-order valence-corrected chi connectivity index (χ3v) is 4.37. The van der Waals surface area contributed by atoms with E-state index >= 15 is 0 Å². The maximum Gasteiger partial charge on any atom is 0.260 e. The van der Waals surface area contributed by atoms with Crippen molar-refractivity contribution in [2.24, 2.45) is 0 Å². The van der Waals surface area contributed by atoms with Gasteiger partial charge in [-0.3, -0.25) is 4.79 Å². The Bertz CT molecular complexity index is 627. The monoisotopic (exact) mass is 283 g/mol. The molecule has 21 heavy (non-hydrogen) atoms. The van der Waals surface area contributed by atoms with Crippen molar-refractivity contribution in [3.05, 3.63) is 42.5 Å². The largest absolute Gasteiger partial charge is 0.483 e. The second-order valence-electron chi connectivity index (χ2n) is 5.71. The van der Waals surface area contributed by atoms with E-state index in [9.17, 15) is 4.79 Å². The summed E-state index contributed by atoms with van der Waals surface area (Å²) < 4.78 is 5.77. The lowest BCUT2D eigenvalue weighted by molar-refractivity contribution is -0.134. The molecule has 3 rings (SSSR count). The Morgan fingerprint density at radius 2 is 1.86 bits per heavy atom. The zero-order chi connectivity index (χ0) is 14.7. The number of rotatable bonds is 4. The van der Waals surface area contributed by atoms with Crippen molar-refractivity contribution in [1.82, 2.24) is 4.90 Å². The van der Waals surface area contributed by atoms with Crippen LogP contribution in [0.1, 0.15) is 25.7 Å². The number of carbonyl (C=O) groups is 1. The van der Waals surface area contributed by atoms with Gasteiger partial charge in [0.05, 0.1) is 0 Å². The van der Waals surface area contributed by atoms with Crippen LogP contribution in [0.15, 0.2) is 42.5 Å². The summed E-state index contributed by atoms with van der Waals surface area (Å²) in [5.41, 5.74) is 0. The number of nitrogens with zero attached hydrogens (tertiary/aromatic N) is 1. The molecule has 110 valence electrons. The summed E-state index contributed by atoms with van der Waals surface area (Å²) in [5.74, 6) is 0.844. The number of amides is 1. The summed E-state index contributed by atoms with van der Waals surface area (Å²) in [6.07, 6.45) is 4.70. The van der Waals surface area contributed by atoms with Crippen molar-refractivity contribution in [2.45, 2.75) is 31.7 Å². The van der Waals surface area contributed by atoms with Crippen molar-refractivity contribution >= 4 is 16.7 Å². The van der Waals surface area contributed by atoms with Gasteiger partial charge in [0.2, 0.25) is 0 Å². The molecule has 3 nitrogen and oxygen atoms in total. The Hall–Kier alpha value is -2.03. The van der Waals surface area contributed by atoms with Gasteiger partial charge in [0.1, 0.15) is 5.75 Å². The molecule has 0 radical (unpaired) electrons. The highest BCUT2D eigenvalue weighted by atomic mass is 16.5. The summed E-state index contributed by atoms with van der Waals surface area (Å²) in [6, 6.07) is 14.4. The number of ether oxygens (including phenoxy) is 1. The zero-order valence-corrected chi connectivity index (χ0v) is 12.4. The molecule has 0 aromatic heterocycles. The highest BCUT2D eigenvalue weighted by Gasteiger charge is 2.23. The van der Waals surface area contributed by atoms with Gasteiger partial charge < -0.3 is 9.64 Å². The van der Waals surface area contributed by atoms with Crippen molar-refractivity contribution in [2.75, 3.05) is 13.7 Å². The molecule has 0 N–H and O–H groups in total. The van der Waals surface area contributed by atoms with Gasteiger partial charge in [-0.1, -0.05) is 49.2 Å². The minimum Gasteiger partial charge on any atom is -0.483 e. The van der Waals surface area contributed by atoms with Crippen LogP contribution in [-0.2, 0) is 4.79 Å². The number of fused-ring (bicyclic) bond motifs is 1. The smallest absolute Gasteiger partial charge is 0.260 e. The highest BCUT2D eigenvalue weighted by molar-refractivity contribution is 5.88. The summed E-state index contributed by atoms with van der Waals surface area (Å²) in [6.45, 7) is 0.112. The Labute approximate surface area is 125 Å². The van der Waals surface area contributed by atoms with Gasteiger partial charge in [0.15, 0.2) is 6.61 Å². The molecule has 2 aromatic rings. The molecule has 1 fully saturated rings. The van der Waals surface area contributed by atoms with Crippen LogP contribution in [0.4, 0.5) is 0 Å². The first-order valence-electron chi connectivity index (χ1n) is 7.62. The SMILES string of the molecule is CN(C(=O)COc1cccc2ccccc12)C1CCCC1. The van der Waals surface area contributed by atoms with E-state index in [1.807, 2.05) is 42.3 Å². The Kier molecular flexibility index (Phi) is 4.09. The molecular formula is C18H21NO2. The van der Waals surface area contributed by atoms with E-state index in [-0.39, 0.29) is 12.5 Å². The average Bonchev–Trinajstić information content (AvgIpc) is 3.06. The average molecular weight is 283 g/mol. The van der Waals surface area contributed by atoms with Gasteiger partial charge in [-0.25, -0.2) is 0 Å². The van der Waals surface area contributed by atoms with Gasteiger partial charge in [0.25, 0.3) is 5.91 Å². The standard InChI is InChI=1S/C18H21NO2/c1-19(15-9-3-4-10-15)18(20)13-21-17-12-6-8-14-7-2-5-11-16(14)17/h2,5-8,11-12,15H,3-4,9-10,13H2,1H3. The van der Waals surface area contributed by atoms with E-state index in [2.05, 4.69) is 12.1 Å². The molecular weight excluding hydrogens is 262 g/mol. The molecule has 1 saturated carbocycles. The number of hydrogen-bond donors (Lipinski definition) is 0. The molecule has 1 aliphatic rings. The van der Waals surface area contributed by atoms with E-state index in [0.29, 0.717) is 6.04 Å². The quantitative estimate of drug-likeness (QED) is 0.857. The lowest BCUT2D eigenvalue weighted by atomic mass is 10.1. The minimum atomic E-state index is 0.0647. The predicted octanol–water partition coefficient (Wildman–Crippen LogP) is 3.62. The molecule has 2 aromatic carbocycles. The van der Waals surface area contributed by atoms with Crippen LogP contribution in [0.2, 0.25) is 0 Å². The van der Waals surface area contributed by atoms with Crippen molar-refractivity contribution < 1.29 is 9.53 Å². The van der Waals surface area contributed by atoms with E-state index in [1.165, 1.54) is 12.8 Å². The third kappa shape index (κ3) is 3.02. The van der Waals surface area contributed by atoms with E-state index in [4.69, 9.17) is 4.74 Å². The van der Waals surface area contributed by atoms with Gasteiger partial charge in [0, 0.05) is 18.5 Å². The summed E-state index contributed by atoms with van der Waals surface area (Å²) in [5, 5.41) is 2.18. The van der Waals surface area contributed by atoms with Crippen LogP contribution in [0.25, 0.3) is 10.8 Å². The van der Waals surface area contributed by atoms with Crippen molar-refractivity contribution in [3.63, 3.8) is 0 Å². The van der Waals surface area contributed by atoms with Crippen molar-refractivity contribution in [1.29, 1.82) is 0 Å². The maximum absolute atomic E-state index is 12.2. The van der Waals surface area contributed by atoms with Crippen LogP contribution in [0.5, 0.6) is 5.75 Å². The fourth-order valence-electron chi connectivity index (χ4n) is 3.06. The number of carbonyl (C=O) groups excluding carboxylic acids is 1. The second-order valence-corrected chi connectivity index (χ2v) is 5.71. The first kappa shape index (κ1) is 13.9. The number of likely N-dealkylation sites (N-methyl/N-ethyl adjacent to an activating group) is 1. The summed E-state index contributed by atoms with van der Waals surface area (Å²) in [4.78, 5) is 14.1. The number of benzene rings is 2. The molecule has 3 heteroatoms. The second kappa shape index (κ2) is 6.17. The summed E-state index contributed by atoms with van der Waals surface area (Å²) >= 11 is 0. The maximum atomic E-state index is 12.2. The van der Waals surface area contributed by atoms with E-state index in [1.54, 1.807) is 0 Å². The Balaban J connectivity index is 1.67. The van der Waals surface area contributed by atoms with Gasteiger partial charge >= 0.3 is 0 Å². The Morgan fingerprint density at radius 1 is 1.14 bits per heavy atom. The lowest BCUT2D eigenvalue weighted by Gasteiger charge is -2.24. The molecule has 1 aliphatic carbocycles. The minimum absolute atomic E-state index is 0.0647. The van der Waals surface area contributed by atoms with E-state index < -0.39 is 0 Å². The van der Waals surface area contributed by atoms with Crippen LogP contribution < -0.4 is 4.74 Å². The fourth-order valence-corrected chi connectivity index (χ4v) is 3.06. The third-order valence-electron chi connectivity index (χ3n) is 4.37. The van der Waals surface area contributed by atoms with Crippen LogP contribution in [0, 0.1) is 0 Å². The Morgan fingerprint density at radius 3 is 2.67 bits per heavy atom. The highest BCUT2D eigenvalue weighted by Crippen LogP contribution is 2.26. The topological polar surface area (TPSA) is 29.5 Å². The molecule has 0 unspecified atom stereocenters. The van der Waals surface area contributed by atoms with Crippen molar-refractivity contribution in [3.8, 4) is 5.75 Å². The fraction of sp³-hybridized carbons (Fsp3) is 0.389. The molecule has 0 bridgehead atoms. The lowest BCUT2D eigenvalue weighted by Crippen LogP contribution is -2.38.